The zero-order chi connectivity index (χ0) is 20.9. The normalized spacial score (nSPS) is 23.6. The molecule has 154 valence electrons. The van der Waals surface area contributed by atoms with Crippen molar-refractivity contribution < 1.29 is 19.0 Å². The van der Waals surface area contributed by atoms with E-state index in [0.29, 0.717) is 0 Å². The third-order valence-electron chi connectivity index (χ3n) is 4.17. The van der Waals surface area contributed by atoms with Crippen molar-refractivity contribution in [2.75, 3.05) is 0 Å². The number of alkyl halides is 3. The molecule has 4 atom stereocenters. The molecule has 0 aromatic heterocycles. The third kappa shape index (κ3) is 6.21. The van der Waals surface area contributed by atoms with Crippen LogP contribution in [0.2, 0.25) is 0 Å². The van der Waals surface area contributed by atoms with Gasteiger partial charge in [-0.05, 0) is 19.4 Å². The van der Waals surface area contributed by atoms with E-state index in [-0.39, 0.29) is 6.61 Å². The van der Waals surface area contributed by atoms with Crippen LogP contribution in [0.4, 0.5) is 0 Å². The van der Waals surface area contributed by atoms with Gasteiger partial charge in [0.25, 0.3) is 9.70 Å². The molecule has 1 aromatic rings. The minimum Gasteiger partial charge on any atom is -0.368 e. The van der Waals surface area contributed by atoms with Gasteiger partial charge in [-0.1, -0.05) is 77.3 Å². The lowest BCUT2D eigenvalue weighted by molar-refractivity contribution is -0.161. The maximum Gasteiger partial charge on any atom is 0.272 e. The first-order chi connectivity index (χ1) is 13.1. The Kier molecular flexibility index (Phi) is 7.97. The van der Waals surface area contributed by atoms with Crippen LogP contribution in [0.5, 0.6) is 0 Å². The highest BCUT2D eigenvalue weighted by Crippen LogP contribution is 2.33. The number of nitrogens with one attached hydrogen (secondary N) is 1. The zero-order valence-electron chi connectivity index (χ0n) is 15.7. The highest BCUT2D eigenvalue weighted by Gasteiger charge is 2.47. The summed E-state index contributed by atoms with van der Waals surface area (Å²) in [6.45, 7) is 11.5. The molecule has 0 unspecified atom stereocenters. The lowest BCUT2D eigenvalue weighted by Gasteiger charge is -2.32. The second kappa shape index (κ2) is 9.61. The number of halogens is 3. The number of carbonyl (C=O) groups is 1. The lowest BCUT2D eigenvalue weighted by atomic mass is 10.00. The molecule has 1 heterocycles. The van der Waals surface area contributed by atoms with Crippen LogP contribution in [0.1, 0.15) is 19.4 Å². The molecular formula is C20H24Cl3NO4. The van der Waals surface area contributed by atoms with Gasteiger partial charge in [0.2, 0.25) is 0 Å². The van der Waals surface area contributed by atoms with Crippen LogP contribution in [0.25, 0.3) is 0 Å². The first kappa shape index (κ1) is 23.2. The van der Waals surface area contributed by atoms with Crippen molar-refractivity contribution in [3.8, 4) is 0 Å². The van der Waals surface area contributed by atoms with Crippen molar-refractivity contribution in [2.24, 2.45) is 0 Å². The molecule has 0 spiro atoms. The predicted octanol–water partition coefficient (Wildman–Crippen LogP) is 4.32. The van der Waals surface area contributed by atoms with Crippen LogP contribution in [-0.2, 0) is 25.6 Å². The van der Waals surface area contributed by atoms with Gasteiger partial charge in [0.1, 0.15) is 18.3 Å². The standard InChI is InChI=1S/C20H24Cl3NO4/c1-5-14(24-18(25)20(21,22)23)16(26-12-13-10-8-7-9-11-13)17-15(6-2)27-19(3,4)28-17/h5-11,14-17H,1-2,12H2,3-4H3,(H,24,25)/t14-,15-,16-,17-/m0/s1. The Bertz CT molecular complexity index is 690. The monoisotopic (exact) mass is 447 g/mol. The van der Waals surface area contributed by atoms with Crippen molar-refractivity contribution in [2.45, 2.75) is 54.4 Å². The van der Waals surface area contributed by atoms with E-state index >= 15 is 0 Å². The van der Waals surface area contributed by atoms with Crippen molar-refractivity contribution in [1.29, 1.82) is 0 Å². The molecule has 1 fully saturated rings. The molecule has 28 heavy (non-hydrogen) atoms. The van der Waals surface area contributed by atoms with E-state index in [9.17, 15) is 4.79 Å². The van der Waals surface area contributed by atoms with E-state index in [4.69, 9.17) is 49.0 Å². The van der Waals surface area contributed by atoms with Gasteiger partial charge in [-0.3, -0.25) is 4.79 Å². The Morgan fingerprint density at radius 3 is 2.46 bits per heavy atom. The number of hydrogen-bond donors (Lipinski definition) is 1. The molecule has 1 saturated heterocycles. The molecule has 1 aromatic carbocycles. The molecule has 5 nitrogen and oxygen atoms in total. The summed E-state index contributed by atoms with van der Waals surface area (Å²) in [7, 11) is 0. The highest BCUT2D eigenvalue weighted by molar-refractivity contribution is 6.76. The van der Waals surface area contributed by atoms with Gasteiger partial charge in [0.05, 0.1) is 12.6 Å². The first-order valence-electron chi connectivity index (χ1n) is 8.71. The second-order valence-electron chi connectivity index (χ2n) is 6.79. The number of carbonyl (C=O) groups excluding carboxylic acids is 1. The highest BCUT2D eigenvalue weighted by atomic mass is 35.6. The summed E-state index contributed by atoms with van der Waals surface area (Å²) in [4.78, 5) is 12.2. The van der Waals surface area contributed by atoms with E-state index in [2.05, 4.69) is 18.5 Å². The number of amides is 1. The Hall–Kier alpha value is -1.08. The zero-order valence-corrected chi connectivity index (χ0v) is 18.0. The Balaban J connectivity index is 2.27. The van der Waals surface area contributed by atoms with Crippen LogP contribution in [-0.4, -0.2) is 39.8 Å². The van der Waals surface area contributed by atoms with Gasteiger partial charge < -0.3 is 19.5 Å². The summed E-state index contributed by atoms with van der Waals surface area (Å²) in [5.41, 5.74) is 0.955. The number of benzene rings is 1. The van der Waals surface area contributed by atoms with Crippen molar-refractivity contribution >= 4 is 40.7 Å². The maximum absolute atomic E-state index is 12.2. The van der Waals surface area contributed by atoms with Gasteiger partial charge in [0.15, 0.2) is 5.79 Å². The minimum atomic E-state index is -2.12. The summed E-state index contributed by atoms with van der Waals surface area (Å²) in [6, 6.07) is 8.90. The fraction of sp³-hybridized carbons (Fsp3) is 0.450. The van der Waals surface area contributed by atoms with Gasteiger partial charge in [-0.25, -0.2) is 0 Å². The van der Waals surface area contributed by atoms with E-state index in [1.54, 1.807) is 19.9 Å². The Morgan fingerprint density at radius 2 is 1.93 bits per heavy atom. The SMILES string of the molecule is C=C[C@H](NC(=O)C(Cl)(Cl)Cl)[C@H](OCc1ccccc1)[C@H]1OC(C)(C)O[C@H]1C=C. The molecule has 0 aliphatic carbocycles. The molecule has 2 rings (SSSR count). The topological polar surface area (TPSA) is 56.8 Å². The van der Waals surface area contributed by atoms with Gasteiger partial charge in [0, 0.05) is 0 Å². The molecule has 1 N–H and O–H groups in total. The number of hydrogen-bond acceptors (Lipinski definition) is 4. The Morgan fingerprint density at radius 1 is 1.29 bits per heavy atom. The van der Waals surface area contributed by atoms with Crippen molar-refractivity contribution in [3.63, 3.8) is 0 Å². The first-order valence-corrected chi connectivity index (χ1v) is 9.85. The van der Waals surface area contributed by atoms with Crippen LogP contribution in [0.15, 0.2) is 55.6 Å². The summed E-state index contributed by atoms with van der Waals surface area (Å²) < 4.78 is 15.9. The Labute approximate surface area is 180 Å². The average Bonchev–Trinajstić information content (AvgIpc) is 2.95. The summed E-state index contributed by atoms with van der Waals surface area (Å²) in [6.07, 6.45) is 1.46. The smallest absolute Gasteiger partial charge is 0.272 e. The fourth-order valence-corrected chi connectivity index (χ4v) is 3.10. The molecule has 1 aliphatic rings. The third-order valence-corrected chi connectivity index (χ3v) is 4.68. The van der Waals surface area contributed by atoms with E-state index < -0.39 is 39.8 Å². The van der Waals surface area contributed by atoms with Crippen molar-refractivity contribution in [3.05, 3.63) is 61.2 Å². The number of ether oxygens (including phenoxy) is 3. The van der Waals surface area contributed by atoms with Crippen LogP contribution < -0.4 is 5.32 Å². The molecule has 8 heteroatoms. The number of rotatable bonds is 8. The van der Waals surface area contributed by atoms with Gasteiger partial charge >= 0.3 is 0 Å². The van der Waals surface area contributed by atoms with Gasteiger partial charge in [-0.2, -0.15) is 0 Å². The molecule has 1 aliphatic heterocycles. The summed E-state index contributed by atoms with van der Waals surface area (Å²) in [5.74, 6) is -1.63. The van der Waals surface area contributed by atoms with Gasteiger partial charge in [-0.15, -0.1) is 13.2 Å². The summed E-state index contributed by atoms with van der Waals surface area (Å²) in [5, 5.41) is 2.64. The van der Waals surface area contributed by atoms with Crippen molar-refractivity contribution in [1.82, 2.24) is 5.32 Å². The van der Waals surface area contributed by atoms with E-state index in [1.807, 2.05) is 30.3 Å². The molecule has 0 saturated carbocycles. The van der Waals surface area contributed by atoms with E-state index in [1.165, 1.54) is 6.08 Å². The average molecular weight is 449 g/mol. The molecule has 0 bridgehead atoms. The molecule has 0 radical (unpaired) electrons. The maximum atomic E-state index is 12.2. The van der Waals surface area contributed by atoms with Crippen LogP contribution in [0.3, 0.4) is 0 Å². The molecular weight excluding hydrogens is 425 g/mol. The van der Waals surface area contributed by atoms with Crippen LogP contribution >= 0.6 is 34.8 Å². The quantitative estimate of drug-likeness (QED) is 0.475. The largest absolute Gasteiger partial charge is 0.368 e. The predicted molar refractivity (Wildman–Crippen MR) is 111 cm³/mol. The minimum absolute atomic E-state index is 0.281. The molecule has 1 amide bonds. The summed E-state index contributed by atoms with van der Waals surface area (Å²) >= 11 is 17.1. The second-order valence-corrected chi connectivity index (χ2v) is 9.08. The van der Waals surface area contributed by atoms with Crippen LogP contribution in [0, 0.1) is 0 Å². The van der Waals surface area contributed by atoms with E-state index in [0.717, 1.165) is 5.56 Å². The lowest BCUT2D eigenvalue weighted by Crippen LogP contribution is -2.53. The fourth-order valence-electron chi connectivity index (χ4n) is 2.93.